The van der Waals surface area contributed by atoms with Gasteiger partial charge < -0.3 is 15.3 Å². The molecule has 2 amide bonds. The van der Waals surface area contributed by atoms with Gasteiger partial charge in [-0.1, -0.05) is 0 Å². The van der Waals surface area contributed by atoms with Gasteiger partial charge in [0.25, 0.3) is 5.91 Å². The summed E-state index contributed by atoms with van der Waals surface area (Å²) in [6, 6.07) is 3.62. The Morgan fingerprint density at radius 3 is 2.94 bits per heavy atom. The molecule has 1 aliphatic rings. The van der Waals surface area contributed by atoms with E-state index in [1.165, 1.54) is 18.3 Å². The van der Waals surface area contributed by atoms with Crippen molar-refractivity contribution in [1.82, 2.24) is 10.2 Å². The first-order valence-corrected chi connectivity index (χ1v) is 6.68. The Morgan fingerprint density at radius 2 is 2.33 bits per heavy atom. The van der Waals surface area contributed by atoms with Gasteiger partial charge in [0.1, 0.15) is 0 Å². The van der Waals surface area contributed by atoms with Crippen LogP contribution in [0.25, 0.3) is 0 Å². The summed E-state index contributed by atoms with van der Waals surface area (Å²) in [5, 5.41) is 12.1. The van der Waals surface area contributed by atoms with Crippen LogP contribution in [0.2, 0.25) is 0 Å². The predicted octanol–water partition coefficient (Wildman–Crippen LogP) is 0.591. The van der Waals surface area contributed by atoms with Crippen molar-refractivity contribution >= 4 is 23.2 Å². The number of likely N-dealkylation sites (tertiary alicyclic amines) is 1. The largest absolute Gasteiger partial charge is 0.391 e. The van der Waals surface area contributed by atoms with Crippen molar-refractivity contribution in [3.8, 4) is 0 Å². The summed E-state index contributed by atoms with van der Waals surface area (Å²) in [7, 11) is 0. The number of β-amino-alcohol motifs (C(OH)–C–C–N with tert-alkyl or cyclic N) is 1. The van der Waals surface area contributed by atoms with Gasteiger partial charge in [-0.2, -0.15) is 0 Å². The van der Waals surface area contributed by atoms with Gasteiger partial charge in [-0.25, -0.2) is 0 Å². The van der Waals surface area contributed by atoms with Crippen molar-refractivity contribution in [2.45, 2.75) is 26.0 Å². The fraction of sp³-hybridized carbons (Fsp3) is 0.500. The Balaban J connectivity index is 1.96. The maximum atomic E-state index is 12.1. The monoisotopic (exact) mass is 268 g/mol. The number of nitrogens with one attached hydrogen (secondary N) is 1. The lowest BCUT2D eigenvalue weighted by Gasteiger charge is -2.13. The zero-order chi connectivity index (χ0) is 13.1. The third kappa shape index (κ3) is 3.08. The van der Waals surface area contributed by atoms with E-state index >= 15 is 0 Å². The van der Waals surface area contributed by atoms with E-state index in [9.17, 15) is 14.7 Å². The fourth-order valence-corrected chi connectivity index (χ4v) is 2.80. The highest BCUT2D eigenvalue weighted by atomic mass is 32.1. The Morgan fingerprint density at radius 1 is 1.56 bits per heavy atom. The lowest BCUT2D eigenvalue weighted by Crippen LogP contribution is -2.28. The first-order valence-electron chi connectivity index (χ1n) is 5.87. The average Bonchev–Trinajstić information content (AvgIpc) is 2.94. The highest BCUT2D eigenvalue weighted by molar-refractivity contribution is 7.14. The lowest BCUT2D eigenvalue weighted by molar-refractivity contribution is -0.119. The van der Waals surface area contributed by atoms with Crippen molar-refractivity contribution in [3.05, 3.63) is 21.9 Å². The summed E-state index contributed by atoms with van der Waals surface area (Å²) in [6.07, 6.45) is 0.253. The summed E-state index contributed by atoms with van der Waals surface area (Å²) in [5.74, 6) is -0.121. The standard InChI is InChI=1S/C12H16N2O3S/c1-8(15)13-6-10-2-3-11(18-10)12(17)14-5-4-9(16)7-14/h2-3,9,16H,4-7H2,1H3,(H,13,15)/t9-/m1/s1. The minimum atomic E-state index is -0.396. The molecule has 98 valence electrons. The first-order chi connectivity index (χ1) is 8.56. The predicted molar refractivity (Wildman–Crippen MR) is 68.4 cm³/mol. The Kier molecular flexibility index (Phi) is 3.98. The molecule has 0 aromatic carbocycles. The quantitative estimate of drug-likeness (QED) is 0.843. The van der Waals surface area contributed by atoms with E-state index in [1.54, 1.807) is 11.0 Å². The molecular formula is C12H16N2O3S. The molecule has 1 saturated heterocycles. The molecule has 0 bridgehead atoms. The molecule has 6 heteroatoms. The van der Waals surface area contributed by atoms with Crippen LogP contribution < -0.4 is 5.32 Å². The summed E-state index contributed by atoms with van der Waals surface area (Å²) in [5.41, 5.74) is 0. The van der Waals surface area contributed by atoms with Crippen LogP contribution in [0.4, 0.5) is 0 Å². The summed E-state index contributed by atoms with van der Waals surface area (Å²) >= 11 is 1.38. The van der Waals surface area contributed by atoms with Gasteiger partial charge in [-0.3, -0.25) is 9.59 Å². The van der Waals surface area contributed by atoms with Gasteiger partial charge in [-0.05, 0) is 18.6 Å². The van der Waals surface area contributed by atoms with Gasteiger partial charge in [0.05, 0.1) is 17.5 Å². The third-order valence-corrected chi connectivity index (χ3v) is 3.91. The number of hydrogen-bond acceptors (Lipinski definition) is 4. The van der Waals surface area contributed by atoms with E-state index in [1.807, 2.05) is 6.07 Å². The molecule has 2 N–H and O–H groups in total. The van der Waals surface area contributed by atoms with Gasteiger partial charge >= 0.3 is 0 Å². The Labute approximate surface area is 109 Å². The van der Waals surface area contributed by atoms with Crippen LogP contribution in [-0.4, -0.2) is 41.0 Å². The summed E-state index contributed by atoms with van der Waals surface area (Å²) in [6.45, 7) is 2.94. The second-order valence-corrected chi connectivity index (χ2v) is 5.54. The second-order valence-electron chi connectivity index (χ2n) is 4.37. The molecule has 2 heterocycles. The van der Waals surface area contributed by atoms with E-state index in [2.05, 4.69) is 5.32 Å². The summed E-state index contributed by atoms with van der Waals surface area (Å²) in [4.78, 5) is 26.1. The molecule has 1 aromatic heterocycles. The zero-order valence-corrected chi connectivity index (χ0v) is 11.0. The fourth-order valence-electron chi connectivity index (χ4n) is 1.88. The number of amides is 2. The number of nitrogens with zero attached hydrogens (tertiary/aromatic N) is 1. The van der Waals surface area contributed by atoms with E-state index in [-0.39, 0.29) is 11.8 Å². The highest BCUT2D eigenvalue weighted by Gasteiger charge is 2.26. The first kappa shape index (κ1) is 13.0. The molecule has 1 atom stereocenters. The molecule has 0 saturated carbocycles. The molecular weight excluding hydrogens is 252 g/mol. The van der Waals surface area contributed by atoms with E-state index in [0.29, 0.717) is 30.9 Å². The molecule has 1 fully saturated rings. The van der Waals surface area contributed by atoms with Gasteiger partial charge in [0, 0.05) is 24.9 Å². The maximum Gasteiger partial charge on any atom is 0.264 e. The number of thiophene rings is 1. The van der Waals surface area contributed by atoms with Crippen LogP contribution in [0.1, 0.15) is 27.9 Å². The number of hydrogen-bond donors (Lipinski definition) is 2. The molecule has 18 heavy (non-hydrogen) atoms. The second kappa shape index (κ2) is 5.49. The van der Waals surface area contributed by atoms with Crippen LogP contribution in [0.15, 0.2) is 12.1 Å². The van der Waals surface area contributed by atoms with Crippen LogP contribution in [0.3, 0.4) is 0 Å². The van der Waals surface area contributed by atoms with Crippen molar-refractivity contribution in [3.63, 3.8) is 0 Å². The normalized spacial score (nSPS) is 19.0. The molecule has 1 aliphatic heterocycles. The molecule has 0 radical (unpaired) electrons. The number of aliphatic hydroxyl groups excluding tert-OH is 1. The van der Waals surface area contributed by atoms with Gasteiger partial charge in [-0.15, -0.1) is 11.3 Å². The van der Waals surface area contributed by atoms with Crippen molar-refractivity contribution < 1.29 is 14.7 Å². The molecule has 0 spiro atoms. The third-order valence-electron chi connectivity index (χ3n) is 2.83. The number of carbonyl (C=O) groups excluding carboxylic acids is 2. The molecule has 5 nitrogen and oxygen atoms in total. The number of aliphatic hydroxyl groups is 1. The van der Waals surface area contributed by atoms with Crippen molar-refractivity contribution in [2.75, 3.05) is 13.1 Å². The van der Waals surface area contributed by atoms with Crippen LogP contribution >= 0.6 is 11.3 Å². The van der Waals surface area contributed by atoms with E-state index in [0.717, 1.165) is 4.88 Å². The number of carbonyl (C=O) groups is 2. The Bertz CT molecular complexity index is 458. The van der Waals surface area contributed by atoms with E-state index in [4.69, 9.17) is 0 Å². The van der Waals surface area contributed by atoms with Gasteiger partial charge in [0.15, 0.2) is 0 Å². The van der Waals surface area contributed by atoms with Crippen LogP contribution in [0, 0.1) is 0 Å². The SMILES string of the molecule is CC(=O)NCc1ccc(C(=O)N2CC[C@@H](O)C2)s1. The van der Waals surface area contributed by atoms with Crippen LogP contribution in [0.5, 0.6) is 0 Å². The Hall–Kier alpha value is -1.40. The number of rotatable bonds is 3. The molecule has 1 aromatic rings. The molecule has 0 unspecified atom stereocenters. The minimum Gasteiger partial charge on any atom is -0.391 e. The minimum absolute atomic E-state index is 0.0365. The lowest BCUT2D eigenvalue weighted by atomic mass is 10.3. The van der Waals surface area contributed by atoms with Crippen LogP contribution in [-0.2, 0) is 11.3 Å². The smallest absolute Gasteiger partial charge is 0.264 e. The summed E-state index contributed by atoms with van der Waals surface area (Å²) < 4.78 is 0. The molecule has 2 rings (SSSR count). The highest BCUT2D eigenvalue weighted by Crippen LogP contribution is 2.20. The van der Waals surface area contributed by atoms with Crippen molar-refractivity contribution in [2.24, 2.45) is 0 Å². The average molecular weight is 268 g/mol. The maximum absolute atomic E-state index is 12.1. The van der Waals surface area contributed by atoms with E-state index < -0.39 is 6.10 Å². The van der Waals surface area contributed by atoms with Gasteiger partial charge in [0.2, 0.25) is 5.91 Å². The van der Waals surface area contributed by atoms with Crippen molar-refractivity contribution in [1.29, 1.82) is 0 Å². The topological polar surface area (TPSA) is 69.6 Å². The molecule has 0 aliphatic carbocycles. The zero-order valence-electron chi connectivity index (χ0n) is 10.2.